The van der Waals surface area contributed by atoms with Crippen molar-refractivity contribution in [2.24, 2.45) is 0 Å². The first kappa shape index (κ1) is 12.5. The van der Waals surface area contributed by atoms with E-state index in [1.54, 1.807) is 6.92 Å². The maximum atomic E-state index is 12.0. The summed E-state index contributed by atoms with van der Waals surface area (Å²) in [4.78, 5) is 26.0. The van der Waals surface area contributed by atoms with Crippen LogP contribution in [0.15, 0.2) is 6.20 Å². The number of nitrogens with one attached hydrogen (secondary N) is 1. The lowest BCUT2D eigenvalue weighted by molar-refractivity contribution is -0.390. The molecule has 1 amide bonds. The van der Waals surface area contributed by atoms with Crippen molar-refractivity contribution in [3.63, 3.8) is 0 Å². The second-order valence-electron chi connectivity index (χ2n) is 4.54. The van der Waals surface area contributed by atoms with E-state index < -0.39 is 11.0 Å². The fraction of sp³-hybridized carbons (Fsp3) is 0.636. The van der Waals surface area contributed by atoms with E-state index in [2.05, 4.69) is 10.3 Å². The van der Waals surface area contributed by atoms with Crippen LogP contribution in [0.5, 0.6) is 0 Å². The van der Waals surface area contributed by atoms with Crippen LogP contribution in [0, 0.1) is 17.0 Å². The number of rotatable bonds is 2. The summed E-state index contributed by atoms with van der Waals surface area (Å²) < 4.78 is 1.02. The van der Waals surface area contributed by atoms with Gasteiger partial charge in [-0.25, -0.2) is 9.78 Å². The molecule has 1 aromatic rings. The van der Waals surface area contributed by atoms with Gasteiger partial charge in [-0.3, -0.25) is 0 Å². The molecule has 7 nitrogen and oxygen atoms in total. The Hall–Kier alpha value is -1.92. The molecule has 2 rings (SSSR count). The van der Waals surface area contributed by atoms with Crippen molar-refractivity contribution >= 4 is 11.8 Å². The average molecular weight is 252 g/mol. The van der Waals surface area contributed by atoms with E-state index in [1.165, 1.54) is 6.42 Å². The van der Waals surface area contributed by atoms with Crippen LogP contribution in [0.3, 0.4) is 0 Å². The molecule has 0 aromatic carbocycles. The molecule has 0 bridgehead atoms. The van der Waals surface area contributed by atoms with Gasteiger partial charge < -0.3 is 15.4 Å². The number of imidazole rings is 1. The smallest absolute Gasteiger partial charge is 0.358 e. The first-order valence-corrected chi connectivity index (χ1v) is 6.09. The maximum Gasteiger partial charge on any atom is 0.415 e. The molecule has 98 valence electrons. The van der Waals surface area contributed by atoms with E-state index in [4.69, 9.17) is 0 Å². The predicted octanol–water partition coefficient (Wildman–Crippen LogP) is 1.99. The van der Waals surface area contributed by atoms with Crippen LogP contribution in [0.25, 0.3) is 0 Å². The van der Waals surface area contributed by atoms with Crippen molar-refractivity contribution in [2.45, 2.75) is 45.1 Å². The summed E-state index contributed by atoms with van der Waals surface area (Å²) in [7, 11) is 0. The quantitative estimate of drug-likeness (QED) is 0.643. The number of nitro groups is 1. The Morgan fingerprint density at radius 1 is 1.50 bits per heavy atom. The monoisotopic (exact) mass is 252 g/mol. The molecule has 1 aromatic heterocycles. The van der Waals surface area contributed by atoms with Gasteiger partial charge in [-0.2, -0.15) is 0 Å². The lowest BCUT2D eigenvalue weighted by Crippen LogP contribution is -2.39. The zero-order valence-corrected chi connectivity index (χ0v) is 10.3. The molecule has 1 saturated carbocycles. The summed E-state index contributed by atoms with van der Waals surface area (Å²) in [6.45, 7) is 1.58. The Morgan fingerprint density at radius 2 is 2.17 bits per heavy atom. The Morgan fingerprint density at radius 3 is 2.78 bits per heavy atom. The number of aromatic nitrogens is 2. The minimum absolute atomic E-state index is 0.118. The summed E-state index contributed by atoms with van der Waals surface area (Å²) in [6.07, 6.45) is 6.36. The van der Waals surface area contributed by atoms with Crippen molar-refractivity contribution in [2.75, 3.05) is 0 Å². The molecule has 0 atom stereocenters. The normalized spacial score (nSPS) is 16.5. The van der Waals surface area contributed by atoms with Gasteiger partial charge in [-0.1, -0.05) is 19.3 Å². The third-order valence-corrected chi connectivity index (χ3v) is 3.24. The first-order valence-electron chi connectivity index (χ1n) is 6.09. The average Bonchev–Trinajstić information content (AvgIpc) is 2.72. The van der Waals surface area contributed by atoms with Gasteiger partial charge in [0.15, 0.2) is 0 Å². The minimum Gasteiger partial charge on any atom is -0.358 e. The Bertz CT molecular complexity index is 463. The highest BCUT2D eigenvalue weighted by Gasteiger charge is 2.26. The lowest BCUT2D eigenvalue weighted by Gasteiger charge is -2.21. The fourth-order valence-electron chi connectivity index (χ4n) is 2.30. The predicted molar refractivity (Wildman–Crippen MR) is 64.4 cm³/mol. The van der Waals surface area contributed by atoms with Crippen LogP contribution in [-0.4, -0.2) is 26.5 Å². The number of nitrogens with zero attached hydrogens (tertiary/aromatic N) is 3. The molecule has 0 radical (unpaired) electrons. The highest BCUT2D eigenvalue weighted by molar-refractivity contribution is 5.80. The fourth-order valence-corrected chi connectivity index (χ4v) is 2.30. The molecular formula is C11H16N4O3. The molecule has 0 saturated heterocycles. The van der Waals surface area contributed by atoms with Gasteiger partial charge >= 0.3 is 11.8 Å². The molecule has 7 heteroatoms. The van der Waals surface area contributed by atoms with E-state index in [9.17, 15) is 14.9 Å². The number of carbonyl (C=O) groups excluding carboxylic acids is 1. The number of aryl methyl sites for hydroxylation is 1. The zero-order valence-electron chi connectivity index (χ0n) is 10.3. The third kappa shape index (κ3) is 2.49. The van der Waals surface area contributed by atoms with Crippen LogP contribution < -0.4 is 5.32 Å². The molecule has 1 heterocycles. The standard InChI is InChI=1S/C11H16N4O3/c1-8-12-7-10(15(17)18)14(8)11(16)13-9-5-3-2-4-6-9/h7,9H,2-6H2,1H3,(H,13,16). The van der Waals surface area contributed by atoms with Gasteiger partial charge in [-0.15, -0.1) is 4.57 Å². The summed E-state index contributed by atoms with van der Waals surface area (Å²) in [5.74, 6) is 0.0378. The van der Waals surface area contributed by atoms with Crippen LogP contribution >= 0.6 is 0 Å². The molecule has 1 fully saturated rings. The van der Waals surface area contributed by atoms with Crippen molar-refractivity contribution in [3.05, 3.63) is 22.1 Å². The van der Waals surface area contributed by atoms with Gasteiger partial charge in [0.1, 0.15) is 6.20 Å². The lowest BCUT2D eigenvalue weighted by atomic mass is 9.96. The van der Waals surface area contributed by atoms with Crippen molar-refractivity contribution in [3.8, 4) is 0 Å². The third-order valence-electron chi connectivity index (χ3n) is 3.24. The van der Waals surface area contributed by atoms with Gasteiger partial charge in [0.25, 0.3) is 0 Å². The molecule has 0 spiro atoms. The molecule has 0 aliphatic heterocycles. The Balaban J connectivity index is 2.12. The number of carbonyl (C=O) groups is 1. The van der Waals surface area contributed by atoms with Gasteiger partial charge in [0, 0.05) is 13.0 Å². The highest BCUT2D eigenvalue weighted by atomic mass is 16.6. The zero-order chi connectivity index (χ0) is 13.1. The maximum absolute atomic E-state index is 12.0. The SMILES string of the molecule is Cc1ncc([N+](=O)[O-])n1C(=O)NC1CCCCC1. The Kier molecular flexibility index (Phi) is 3.59. The van der Waals surface area contributed by atoms with Crippen LogP contribution in [0.2, 0.25) is 0 Å². The molecule has 18 heavy (non-hydrogen) atoms. The number of hydrogen-bond acceptors (Lipinski definition) is 4. The largest absolute Gasteiger partial charge is 0.415 e. The summed E-state index contributed by atoms with van der Waals surface area (Å²) in [5.41, 5.74) is 0. The van der Waals surface area contributed by atoms with Crippen LogP contribution in [-0.2, 0) is 0 Å². The molecule has 0 unspecified atom stereocenters. The number of hydrogen-bond donors (Lipinski definition) is 1. The summed E-state index contributed by atoms with van der Waals surface area (Å²) >= 11 is 0. The molecular weight excluding hydrogens is 236 g/mol. The van der Waals surface area contributed by atoms with Crippen molar-refractivity contribution < 1.29 is 9.72 Å². The van der Waals surface area contributed by atoms with E-state index in [0.29, 0.717) is 5.82 Å². The minimum atomic E-state index is -0.597. The number of amides is 1. The van der Waals surface area contributed by atoms with E-state index in [1.807, 2.05) is 0 Å². The highest BCUT2D eigenvalue weighted by Crippen LogP contribution is 2.18. The first-order chi connectivity index (χ1) is 8.59. The molecule has 1 aliphatic rings. The summed E-state index contributed by atoms with van der Waals surface area (Å²) in [6, 6.07) is -0.337. The van der Waals surface area contributed by atoms with Crippen LogP contribution in [0.4, 0.5) is 10.6 Å². The van der Waals surface area contributed by atoms with Crippen molar-refractivity contribution in [1.82, 2.24) is 14.9 Å². The topological polar surface area (TPSA) is 90.1 Å². The van der Waals surface area contributed by atoms with Crippen LogP contribution in [0.1, 0.15) is 37.9 Å². The molecule has 1 aliphatic carbocycles. The van der Waals surface area contributed by atoms with E-state index in [0.717, 1.165) is 36.4 Å². The molecule has 1 N–H and O–H groups in total. The second kappa shape index (κ2) is 5.16. The van der Waals surface area contributed by atoms with Gasteiger partial charge in [-0.05, 0) is 17.8 Å². The Labute approximate surface area is 104 Å². The van der Waals surface area contributed by atoms with E-state index in [-0.39, 0.29) is 11.9 Å². The van der Waals surface area contributed by atoms with Gasteiger partial charge in [0.2, 0.25) is 5.82 Å². The second-order valence-corrected chi connectivity index (χ2v) is 4.54. The van der Waals surface area contributed by atoms with Gasteiger partial charge in [0.05, 0.1) is 0 Å². The summed E-state index contributed by atoms with van der Waals surface area (Å²) in [5, 5.41) is 13.6. The van der Waals surface area contributed by atoms with Crippen molar-refractivity contribution in [1.29, 1.82) is 0 Å². The van der Waals surface area contributed by atoms with E-state index >= 15 is 0 Å².